The molecule has 1 aliphatic rings. The van der Waals surface area contributed by atoms with Crippen LogP contribution in [0.1, 0.15) is 56.4 Å². The Morgan fingerprint density at radius 1 is 1.42 bits per heavy atom. The zero-order chi connectivity index (χ0) is 13.6. The van der Waals surface area contributed by atoms with Crippen molar-refractivity contribution in [3.05, 3.63) is 16.6 Å². The summed E-state index contributed by atoms with van der Waals surface area (Å²) in [7, 11) is 0. The third-order valence-corrected chi connectivity index (χ3v) is 5.51. The van der Waals surface area contributed by atoms with Crippen LogP contribution >= 0.6 is 11.3 Å². The topological polar surface area (TPSA) is 50.9 Å². The monoisotopic (exact) mass is 281 g/mol. The van der Waals surface area contributed by atoms with Crippen molar-refractivity contribution in [1.29, 1.82) is 0 Å². The summed E-state index contributed by atoms with van der Waals surface area (Å²) in [6.07, 6.45) is 9.91. The first-order valence-electron chi connectivity index (χ1n) is 7.56. The van der Waals surface area contributed by atoms with E-state index in [1.165, 1.54) is 43.5 Å². The number of hydrogen-bond acceptors (Lipinski definition) is 4. The van der Waals surface area contributed by atoms with Crippen LogP contribution in [0, 0.1) is 5.41 Å². The molecule has 4 heteroatoms. The van der Waals surface area contributed by atoms with E-state index < -0.39 is 0 Å². The Hall–Kier alpha value is -0.450. The van der Waals surface area contributed by atoms with E-state index in [0.29, 0.717) is 11.3 Å². The number of nitrogens with zero attached hydrogens (tertiary/aromatic N) is 1. The molecule has 1 heterocycles. The van der Waals surface area contributed by atoms with Gasteiger partial charge in [0.1, 0.15) is 0 Å². The lowest BCUT2D eigenvalue weighted by Crippen LogP contribution is -2.36. The van der Waals surface area contributed by atoms with Gasteiger partial charge in [-0.1, -0.05) is 26.2 Å². The molecule has 0 saturated heterocycles. The third kappa shape index (κ3) is 4.26. The van der Waals surface area contributed by atoms with Crippen LogP contribution in [-0.4, -0.2) is 24.6 Å². The van der Waals surface area contributed by atoms with Gasteiger partial charge >= 0.3 is 0 Å². The van der Waals surface area contributed by atoms with Crippen LogP contribution in [0.3, 0.4) is 0 Å². The molecule has 108 valence electrons. The lowest BCUT2D eigenvalue weighted by atomic mass is 9.72. The number of aromatic nitrogens is 1. The van der Waals surface area contributed by atoms with E-state index in [0.717, 1.165) is 19.6 Å². The zero-order valence-corrected chi connectivity index (χ0v) is 12.8. The maximum atomic E-state index is 6.02. The van der Waals surface area contributed by atoms with Gasteiger partial charge in [-0.15, -0.1) is 11.3 Å². The molecule has 0 aliphatic heterocycles. The minimum absolute atomic E-state index is 0.426. The Bertz CT molecular complexity index is 344. The van der Waals surface area contributed by atoms with Gasteiger partial charge in [0.25, 0.3) is 0 Å². The number of rotatable bonds is 7. The van der Waals surface area contributed by atoms with Gasteiger partial charge in [-0.2, -0.15) is 0 Å². The van der Waals surface area contributed by atoms with Gasteiger partial charge in [-0.05, 0) is 37.8 Å². The highest BCUT2D eigenvalue weighted by atomic mass is 32.1. The number of thiazole rings is 1. The van der Waals surface area contributed by atoms with Gasteiger partial charge in [0.15, 0.2) is 0 Å². The summed E-state index contributed by atoms with van der Waals surface area (Å²) in [6.45, 7) is 5.21. The summed E-state index contributed by atoms with van der Waals surface area (Å²) in [5.41, 5.74) is 6.45. The van der Waals surface area contributed by atoms with Gasteiger partial charge in [0.2, 0.25) is 0 Å². The maximum absolute atomic E-state index is 6.02. The van der Waals surface area contributed by atoms with Crippen molar-refractivity contribution in [3.63, 3.8) is 0 Å². The number of nitrogens with two attached hydrogens (primary N) is 1. The van der Waals surface area contributed by atoms with Gasteiger partial charge in [-0.3, -0.25) is 0 Å². The van der Waals surface area contributed by atoms with Crippen LogP contribution < -0.4 is 11.1 Å². The highest BCUT2D eigenvalue weighted by molar-refractivity contribution is 7.09. The molecule has 1 aromatic rings. The van der Waals surface area contributed by atoms with Crippen molar-refractivity contribution in [2.45, 2.75) is 51.4 Å². The second kappa shape index (κ2) is 7.36. The Kier molecular flexibility index (Phi) is 5.79. The standard InChI is InChI=1S/C15H27N3S/c1-13(14-18-9-10-19-14)11-17-8-7-15(12-16)5-3-2-4-6-15/h9-10,13,17H,2-8,11-12,16H2,1H3. The van der Waals surface area contributed by atoms with Gasteiger partial charge < -0.3 is 11.1 Å². The Morgan fingerprint density at radius 3 is 2.84 bits per heavy atom. The highest BCUT2D eigenvalue weighted by Crippen LogP contribution is 2.37. The average molecular weight is 281 g/mol. The minimum atomic E-state index is 0.426. The summed E-state index contributed by atoms with van der Waals surface area (Å²) < 4.78 is 0. The van der Waals surface area contributed by atoms with Crippen LogP contribution in [0.5, 0.6) is 0 Å². The molecule has 0 bridgehead atoms. The van der Waals surface area contributed by atoms with Crippen molar-refractivity contribution in [2.24, 2.45) is 11.1 Å². The Labute approximate surface area is 121 Å². The number of nitrogens with one attached hydrogen (secondary N) is 1. The van der Waals surface area contributed by atoms with Crippen LogP contribution in [0.2, 0.25) is 0 Å². The normalized spacial score (nSPS) is 20.3. The van der Waals surface area contributed by atoms with E-state index in [1.54, 1.807) is 11.3 Å². The van der Waals surface area contributed by atoms with Crippen LogP contribution in [0.25, 0.3) is 0 Å². The molecule has 0 aromatic carbocycles. The Morgan fingerprint density at radius 2 is 2.21 bits per heavy atom. The van der Waals surface area contributed by atoms with Gasteiger partial charge in [-0.25, -0.2) is 4.98 Å². The van der Waals surface area contributed by atoms with E-state index in [1.807, 2.05) is 6.20 Å². The average Bonchev–Trinajstić information content (AvgIpc) is 2.99. The lowest BCUT2D eigenvalue weighted by Gasteiger charge is -2.36. The summed E-state index contributed by atoms with van der Waals surface area (Å²) in [4.78, 5) is 4.37. The molecule has 0 spiro atoms. The van der Waals surface area contributed by atoms with E-state index >= 15 is 0 Å². The molecule has 1 fully saturated rings. The number of hydrogen-bond donors (Lipinski definition) is 2. The highest BCUT2D eigenvalue weighted by Gasteiger charge is 2.29. The molecule has 19 heavy (non-hydrogen) atoms. The van der Waals surface area contributed by atoms with Crippen molar-refractivity contribution in [1.82, 2.24) is 10.3 Å². The summed E-state index contributed by atoms with van der Waals surface area (Å²) in [6, 6.07) is 0. The molecule has 1 unspecified atom stereocenters. The van der Waals surface area contributed by atoms with E-state index in [2.05, 4.69) is 22.6 Å². The fourth-order valence-electron chi connectivity index (χ4n) is 3.10. The predicted octanol–water partition coefficient (Wildman–Crippen LogP) is 3.14. The first-order chi connectivity index (χ1) is 9.26. The molecule has 3 nitrogen and oxygen atoms in total. The molecule has 1 aromatic heterocycles. The molecule has 1 atom stereocenters. The summed E-state index contributed by atoms with van der Waals surface area (Å²) >= 11 is 1.75. The maximum Gasteiger partial charge on any atom is 0.0965 e. The molecule has 3 N–H and O–H groups in total. The second-order valence-corrected chi connectivity index (χ2v) is 6.92. The molecule has 2 rings (SSSR count). The fraction of sp³-hybridized carbons (Fsp3) is 0.800. The van der Waals surface area contributed by atoms with Crippen molar-refractivity contribution < 1.29 is 0 Å². The lowest BCUT2D eigenvalue weighted by molar-refractivity contribution is 0.181. The molecule has 0 radical (unpaired) electrons. The summed E-state index contributed by atoms with van der Waals surface area (Å²) in [5, 5.41) is 6.88. The van der Waals surface area contributed by atoms with Crippen molar-refractivity contribution in [2.75, 3.05) is 19.6 Å². The zero-order valence-electron chi connectivity index (χ0n) is 12.0. The molecule has 1 saturated carbocycles. The van der Waals surface area contributed by atoms with E-state index in [9.17, 15) is 0 Å². The quantitative estimate of drug-likeness (QED) is 0.755. The first-order valence-corrected chi connectivity index (χ1v) is 8.44. The van der Waals surface area contributed by atoms with Gasteiger partial charge in [0, 0.05) is 24.0 Å². The molecule has 0 amide bonds. The SMILES string of the molecule is CC(CNCCC1(CN)CCCCC1)c1nccs1. The van der Waals surface area contributed by atoms with Crippen molar-refractivity contribution in [3.8, 4) is 0 Å². The third-order valence-electron chi connectivity index (χ3n) is 4.50. The minimum Gasteiger partial charge on any atom is -0.330 e. The van der Waals surface area contributed by atoms with Gasteiger partial charge in [0.05, 0.1) is 5.01 Å². The first kappa shape index (κ1) is 14.9. The Balaban J connectivity index is 1.68. The van der Waals surface area contributed by atoms with Crippen LogP contribution in [0.4, 0.5) is 0 Å². The molecule has 1 aliphatic carbocycles. The van der Waals surface area contributed by atoms with E-state index in [-0.39, 0.29) is 0 Å². The van der Waals surface area contributed by atoms with Crippen LogP contribution in [0.15, 0.2) is 11.6 Å². The fourth-order valence-corrected chi connectivity index (χ4v) is 3.79. The van der Waals surface area contributed by atoms with Crippen LogP contribution in [-0.2, 0) is 0 Å². The largest absolute Gasteiger partial charge is 0.330 e. The smallest absolute Gasteiger partial charge is 0.0965 e. The summed E-state index contributed by atoms with van der Waals surface area (Å²) in [5.74, 6) is 0.514. The predicted molar refractivity (Wildman–Crippen MR) is 82.6 cm³/mol. The van der Waals surface area contributed by atoms with Crippen molar-refractivity contribution >= 4 is 11.3 Å². The molecular weight excluding hydrogens is 254 g/mol. The molecular formula is C15H27N3S. The second-order valence-electron chi connectivity index (χ2n) is 5.99. The van der Waals surface area contributed by atoms with E-state index in [4.69, 9.17) is 5.73 Å².